The second kappa shape index (κ2) is 6.87. The van der Waals surface area contributed by atoms with Crippen molar-refractivity contribution in [3.05, 3.63) is 63.9 Å². The minimum absolute atomic E-state index is 0.542. The van der Waals surface area contributed by atoms with Crippen LogP contribution in [-0.2, 0) is 22.7 Å². The van der Waals surface area contributed by atoms with Gasteiger partial charge in [-0.1, -0.05) is 30.3 Å². The highest BCUT2D eigenvalue weighted by atomic mass is 32.1. The van der Waals surface area contributed by atoms with Gasteiger partial charge in [0.15, 0.2) is 0 Å². The summed E-state index contributed by atoms with van der Waals surface area (Å²) in [5.74, 6) is -0.937. The van der Waals surface area contributed by atoms with E-state index in [0.717, 1.165) is 22.1 Å². The van der Waals surface area contributed by atoms with Crippen LogP contribution in [0.4, 0.5) is 0 Å². The molecule has 1 heterocycles. The van der Waals surface area contributed by atoms with Crippen molar-refractivity contribution in [2.75, 3.05) is 0 Å². The SMILES string of the molecule is O=C(O)C=Cc1csc(COCc2ccccc2)c1. The van der Waals surface area contributed by atoms with E-state index in [2.05, 4.69) is 0 Å². The summed E-state index contributed by atoms with van der Waals surface area (Å²) in [4.78, 5) is 11.5. The van der Waals surface area contributed by atoms with Gasteiger partial charge < -0.3 is 9.84 Å². The summed E-state index contributed by atoms with van der Waals surface area (Å²) >= 11 is 1.57. The van der Waals surface area contributed by atoms with E-state index < -0.39 is 5.97 Å². The van der Waals surface area contributed by atoms with Crippen molar-refractivity contribution < 1.29 is 14.6 Å². The molecule has 0 saturated carbocycles. The van der Waals surface area contributed by atoms with Crippen molar-refractivity contribution in [3.63, 3.8) is 0 Å². The molecular formula is C15H14O3S. The summed E-state index contributed by atoms with van der Waals surface area (Å²) in [6, 6.07) is 11.9. The third-order valence-corrected chi connectivity index (χ3v) is 3.38. The maximum absolute atomic E-state index is 10.4. The van der Waals surface area contributed by atoms with E-state index in [1.54, 1.807) is 17.4 Å². The first kappa shape index (κ1) is 13.5. The Morgan fingerprint density at radius 1 is 1.26 bits per heavy atom. The van der Waals surface area contributed by atoms with E-state index in [1.165, 1.54) is 0 Å². The van der Waals surface area contributed by atoms with Crippen LogP contribution in [0.1, 0.15) is 16.0 Å². The molecule has 0 unspecified atom stereocenters. The van der Waals surface area contributed by atoms with Crippen LogP contribution in [0, 0.1) is 0 Å². The lowest BCUT2D eigenvalue weighted by atomic mass is 10.2. The molecular weight excluding hydrogens is 260 g/mol. The quantitative estimate of drug-likeness (QED) is 0.819. The molecule has 0 aliphatic rings. The number of benzene rings is 1. The zero-order valence-electron chi connectivity index (χ0n) is 10.3. The fourth-order valence-corrected chi connectivity index (χ4v) is 2.36. The van der Waals surface area contributed by atoms with Gasteiger partial charge in [-0.05, 0) is 28.6 Å². The molecule has 98 valence electrons. The molecule has 2 rings (SSSR count). The van der Waals surface area contributed by atoms with Crippen LogP contribution < -0.4 is 0 Å². The molecule has 1 aromatic carbocycles. The average Bonchev–Trinajstić information content (AvgIpc) is 2.86. The zero-order chi connectivity index (χ0) is 13.5. The lowest BCUT2D eigenvalue weighted by Crippen LogP contribution is -1.91. The lowest BCUT2D eigenvalue weighted by molar-refractivity contribution is -0.131. The molecule has 0 fully saturated rings. The minimum atomic E-state index is -0.937. The largest absolute Gasteiger partial charge is 0.478 e. The molecule has 19 heavy (non-hydrogen) atoms. The van der Waals surface area contributed by atoms with E-state index in [-0.39, 0.29) is 0 Å². The number of carbonyl (C=O) groups is 1. The Hall–Kier alpha value is -1.91. The van der Waals surface area contributed by atoms with E-state index in [9.17, 15) is 4.79 Å². The van der Waals surface area contributed by atoms with Crippen molar-refractivity contribution in [2.45, 2.75) is 13.2 Å². The predicted molar refractivity (Wildman–Crippen MR) is 75.9 cm³/mol. The van der Waals surface area contributed by atoms with Gasteiger partial charge in [0.05, 0.1) is 13.2 Å². The number of ether oxygens (including phenoxy) is 1. The van der Waals surface area contributed by atoms with Crippen LogP contribution in [0.15, 0.2) is 47.9 Å². The second-order valence-corrected chi connectivity index (χ2v) is 4.99. The summed E-state index contributed by atoms with van der Waals surface area (Å²) < 4.78 is 5.61. The normalized spacial score (nSPS) is 10.9. The number of carboxylic acids is 1. The molecule has 2 aromatic rings. The van der Waals surface area contributed by atoms with Gasteiger partial charge in [-0.15, -0.1) is 11.3 Å². The maximum atomic E-state index is 10.4. The molecule has 0 aliphatic carbocycles. The predicted octanol–water partition coefficient (Wildman–Crippen LogP) is 3.56. The highest BCUT2D eigenvalue weighted by Crippen LogP contribution is 2.17. The van der Waals surface area contributed by atoms with Crippen molar-refractivity contribution in [2.24, 2.45) is 0 Å². The van der Waals surface area contributed by atoms with Crippen LogP contribution >= 0.6 is 11.3 Å². The molecule has 0 radical (unpaired) electrons. The average molecular weight is 274 g/mol. The van der Waals surface area contributed by atoms with Crippen LogP contribution in [0.5, 0.6) is 0 Å². The molecule has 0 saturated heterocycles. The number of carboxylic acid groups (broad SMARTS) is 1. The lowest BCUT2D eigenvalue weighted by Gasteiger charge is -2.02. The molecule has 0 spiro atoms. The Morgan fingerprint density at radius 2 is 2.05 bits per heavy atom. The fourth-order valence-electron chi connectivity index (χ4n) is 1.57. The molecule has 1 N–H and O–H groups in total. The molecule has 3 nitrogen and oxygen atoms in total. The summed E-state index contributed by atoms with van der Waals surface area (Å²) in [5.41, 5.74) is 2.04. The van der Waals surface area contributed by atoms with Crippen LogP contribution in [0.2, 0.25) is 0 Å². The molecule has 0 bridgehead atoms. The van der Waals surface area contributed by atoms with Crippen molar-refractivity contribution in [1.82, 2.24) is 0 Å². The van der Waals surface area contributed by atoms with Crippen molar-refractivity contribution >= 4 is 23.4 Å². The maximum Gasteiger partial charge on any atom is 0.328 e. The van der Waals surface area contributed by atoms with Gasteiger partial charge in [-0.25, -0.2) is 4.79 Å². The number of thiophene rings is 1. The number of rotatable bonds is 6. The molecule has 0 amide bonds. The van der Waals surface area contributed by atoms with Gasteiger partial charge in [-0.3, -0.25) is 0 Å². The number of hydrogen-bond acceptors (Lipinski definition) is 3. The second-order valence-electron chi connectivity index (χ2n) is 4.00. The van der Waals surface area contributed by atoms with E-state index in [1.807, 2.05) is 41.8 Å². The van der Waals surface area contributed by atoms with Gasteiger partial charge in [0, 0.05) is 11.0 Å². The topological polar surface area (TPSA) is 46.5 Å². The first-order chi connectivity index (χ1) is 9.24. The smallest absolute Gasteiger partial charge is 0.328 e. The highest BCUT2D eigenvalue weighted by Gasteiger charge is 1.99. The van der Waals surface area contributed by atoms with Crippen molar-refractivity contribution in [1.29, 1.82) is 0 Å². The van der Waals surface area contributed by atoms with E-state index in [4.69, 9.17) is 9.84 Å². The van der Waals surface area contributed by atoms with Crippen LogP contribution in [-0.4, -0.2) is 11.1 Å². The van der Waals surface area contributed by atoms with Gasteiger partial charge in [0.2, 0.25) is 0 Å². The van der Waals surface area contributed by atoms with Gasteiger partial charge in [0.25, 0.3) is 0 Å². The minimum Gasteiger partial charge on any atom is -0.478 e. The Kier molecular flexibility index (Phi) is 4.89. The first-order valence-corrected chi connectivity index (χ1v) is 6.72. The molecule has 0 atom stereocenters. The number of aliphatic carboxylic acids is 1. The molecule has 0 aliphatic heterocycles. The Labute approximate surface area is 115 Å². The monoisotopic (exact) mass is 274 g/mol. The van der Waals surface area contributed by atoms with Gasteiger partial charge >= 0.3 is 5.97 Å². The highest BCUT2D eigenvalue weighted by molar-refractivity contribution is 7.10. The Morgan fingerprint density at radius 3 is 2.79 bits per heavy atom. The van der Waals surface area contributed by atoms with Crippen LogP contribution in [0.3, 0.4) is 0 Å². The van der Waals surface area contributed by atoms with E-state index >= 15 is 0 Å². The van der Waals surface area contributed by atoms with E-state index in [0.29, 0.717) is 13.2 Å². The standard InChI is InChI=1S/C15H14O3S/c16-15(17)7-6-13-8-14(19-11-13)10-18-9-12-4-2-1-3-5-12/h1-8,11H,9-10H2,(H,16,17). The third kappa shape index (κ3) is 4.69. The van der Waals surface area contributed by atoms with Gasteiger partial charge in [0.1, 0.15) is 0 Å². The summed E-state index contributed by atoms with van der Waals surface area (Å²) in [7, 11) is 0. The molecule has 1 aromatic heterocycles. The molecule has 4 heteroatoms. The fraction of sp³-hybridized carbons (Fsp3) is 0.133. The van der Waals surface area contributed by atoms with Crippen molar-refractivity contribution in [3.8, 4) is 0 Å². The Bertz CT molecular complexity index is 558. The first-order valence-electron chi connectivity index (χ1n) is 5.84. The third-order valence-electron chi connectivity index (χ3n) is 2.45. The zero-order valence-corrected chi connectivity index (χ0v) is 11.1. The van der Waals surface area contributed by atoms with Gasteiger partial charge in [-0.2, -0.15) is 0 Å². The Balaban J connectivity index is 1.82. The summed E-state index contributed by atoms with van der Waals surface area (Å²) in [5, 5.41) is 10.5. The van der Waals surface area contributed by atoms with Crippen LogP contribution in [0.25, 0.3) is 6.08 Å². The number of hydrogen-bond donors (Lipinski definition) is 1. The summed E-state index contributed by atoms with van der Waals surface area (Å²) in [6.07, 6.45) is 2.72. The summed E-state index contributed by atoms with van der Waals surface area (Å²) in [6.45, 7) is 1.12.